The van der Waals surface area contributed by atoms with E-state index < -0.39 is 0 Å². The van der Waals surface area contributed by atoms with E-state index in [0.29, 0.717) is 0 Å². The van der Waals surface area contributed by atoms with Crippen molar-refractivity contribution in [1.29, 1.82) is 0 Å². The molecule has 2 heteroatoms. The largest absolute Gasteiger partial charge is 0.356 e. The first kappa shape index (κ1) is 12.5. The van der Waals surface area contributed by atoms with E-state index in [2.05, 4.69) is 26.1 Å². The van der Waals surface area contributed by atoms with Gasteiger partial charge in [0, 0.05) is 12.5 Å². The molecular weight excluding hydrogens is 186 g/mol. The molecule has 2 nitrogen and oxygen atoms in total. The van der Waals surface area contributed by atoms with Crippen molar-refractivity contribution in [2.75, 3.05) is 6.54 Å². The fraction of sp³-hybridized carbons (Fsp3) is 0.923. The number of carbonyl (C=O) groups is 1. The molecule has 0 radical (unpaired) electrons. The number of rotatable bonds is 0. The Labute approximate surface area is 93.8 Å². The van der Waals surface area contributed by atoms with Crippen molar-refractivity contribution < 1.29 is 4.79 Å². The van der Waals surface area contributed by atoms with E-state index >= 15 is 0 Å². The molecule has 0 saturated carbocycles. The zero-order chi connectivity index (χ0) is 11.3. The lowest BCUT2D eigenvalue weighted by Gasteiger charge is -2.30. The molecule has 1 rings (SSSR count). The molecule has 1 heterocycles. The van der Waals surface area contributed by atoms with Crippen LogP contribution in [0.25, 0.3) is 0 Å². The number of nitrogens with one attached hydrogen (secondary N) is 1. The van der Waals surface area contributed by atoms with Crippen LogP contribution in [0.2, 0.25) is 0 Å². The van der Waals surface area contributed by atoms with E-state index in [1.54, 1.807) is 0 Å². The molecule has 1 amide bonds. The number of hydrogen-bond acceptors (Lipinski definition) is 1. The summed E-state index contributed by atoms with van der Waals surface area (Å²) in [5.41, 5.74) is 0.100. The highest BCUT2D eigenvalue weighted by molar-refractivity contribution is 5.79. The number of carbonyl (C=O) groups excluding carboxylic acids is 1. The lowest BCUT2D eigenvalue weighted by atomic mass is 9.77. The Morgan fingerprint density at radius 3 is 2.33 bits per heavy atom. The van der Waals surface area contributed by atoms with Gasteiger partial charge in [-0.1, -0.05) is 46.5 Å². The van der Waals surface area contributed by atoms with Crippen LogP contribution >= 0.6 is 0 Å². The number of amides is 1. The Bertz CT molecular complexity index is 205. The third-order valence-electron chi connectivity index (χ3n) is 3.33. The molecule has 1 aliphatic heterocycles. The van der Waals surface area contributed by atoms with Crippen LogP contribution in [0.1, 0.15) is 59.3 Å². The summed E-state index contributed by atoms with van der Waals surface area (Å²) in [5.74, 6) is 0.458. The van der Waals surface area contributed by atoms with Crippen molar-refractivity contribution in [2.24, 2.45) is 11.3 Å². The molecule has 1 N–H and O–H groups in total. The van der Waals surface area contributed by atoms with Gasteiger partial charge in [0.25, 0.3) is 0 Å². The maximum Gasteiger partial charge on any atom is 0.223 e. The summed E-state index contributed by atoms with van der Waals surface area (Å²) in [4.78, 5) is 12.0. The topological polar surface area (TPSA) is 29.1 Å². The SMILES string of the molecule is CC(C)(C)C1CCCCCCCNC1=O. The van der Waals surface area contributed by atoms with Crippen LogP contribution in [0.15, 0.2) is 0 Å². The highest BCUT2D eigenvalue weighted by Crippen LogP contribution is 2.31. The molecule has 0 bridgehead atoms. The van der Waals surface area contributed by atoms with Crippen LogP contribution in [0.4, 0.5) is 0 Å². The average molecular weight is 211 g/mol. The summed E-state index contributed by atoms with van der Waals surface area (Å²) in [7, 11) is 0. The summed E-state index contributed by atoms with van der Waals surface area (Å²) < 4.78 is 0. The van der Waals surface area contributed by atoms with Crippen molar-refractivity contribution in [3.63, 3.8) is 0 Å². The summed E-state index contributed by atoms with van der Waals surface area (Å²) >= 11 is 0. The smallest absolute Gasteiger partial charge is 0.223 e. The van der Waals surface area contributed by atoms with Crippen LogP contribution in [0, 0.1) is 11.3 Å². The molecule has 0 aromatic rings. The summed E-state index contributed by atoms with van der Waals surface area (Å²) in [6.45, 7) is 7.38. The van der Waals surface area contributed by atoms with E-state index in [-0.39, 0.29) is 17.2 Å². The van der Waals surface area contributed by atoms with Gasteiger partial charge in [0.05, 0.1) is 0 Å². The van der Waals surface area contributed by atoms with E-state index in [0.717, 1.165) is 19.4 Å². The van der Waals surface area contributed by atoms with Crippen LogP contribution in [-0.2, 0) is 4.79 Å². The Kier molecular flexibility index (Phi) is 4.62. The monoisotopic (exact) mass is 211 g/mol. The summed E-state index contributed by atoms with van der Waals surface area (Å²) in [5, 5.41) is 3.07. The van der Waals surface area contributed by atoms with Gasteiger partial charge in [0.1, 0.15) is 0 Å². The molecule has 1 saturated heterocycles. The van der Waals surface area contributed by atoms with E-state index in [9.17, 15) is 4.79 Å². The maximum atomic E-state index is 12.0. The molecule has 0 aliphatic carbocycles. The molecule has 15 heavy (non-hydrogen) atoms. The standard InChI is InChI=1S/C13H25NO/c1-13(2,3)11-9-7-5-4-6-8-10-14-12(11)15/h11H,4-10H2,1-3H3,(H,14,15). The van der Waals surface area contributed by atoms with E-state index in [1.165, 1.54) is 25.7 Å². The van der Waals surface area contributed by atoms with Crippen molar-refractivity contribution in [3.05, 3.63) is 0 Å². The zero-order valence-electron chi connectivity index (χ0n) is 10.4. The van der Waals surface area contributed by atoms with Crippen molar-refractivity contribution in [2.45, 2.75) is 59.3 Å². The third kappa shape index (κ3) is 4.23. The lowest BCUT2D eigenvalue weighted by Crippen LogP contribution is -2.38. The third-order valence-corrected chi connectivity index (χ3v) is 3.33. The van der Waals surface area contributed by atoms with Crippen molar-refractivity contribution in [3.8, 4) is 0 Å². The Morgan fingerprint density at radius 2 is 1.67 bits per heavy atom. The van der Waals surface area contributed by atoms with E-state index in [4.69, 9.17) is 0 Å². The highest BCUT2D eigenvalue weighted by atomic mass is 16.1. The highest BCUT2D eigenvalue weighted by Gasteiger charge is 2.30. The van der Waals surface area contributed by atoms with Gasteiger partial charge in [-0.25, -0.2) is 0 Å². The van der Waals surface area contributed by atoms with Gasteiger partial charge < -0.3 is 5.32 Å². The van der Waals surface area contributed by atoms with Gasteiger partial charge in [-0.15, -0.1) is 0 Å². The Morgan fingerprint density at radius 1 is 1.07 bits per heavy atom. The quantitative estimate of drug-likeness (QED) is 0.655. The molecule has 0 aromatic heterocycles. The van der Waals surface area contributed by atoms with Gasteiger partial charge >= 0.3 is 0 Å². The zero-order valence-corrected chi connectivity index (χ0v) is 10.4. The van der Waals surface area contributed by atoms with Gasteiger partial charge in [-0.2, -0.15) is 0 Å². The first-order valence-corrected chi connectivity index (χ1v) is 6.29. The van der Waals surface area contributed by atoms with Gasteiger partial charge in [0.15, 0.2) is 0 Å². The van der Waals surface area contributed by atoms with Crippen LogP contribution < -0.4 is 5.32 Å². The summed E-state index contributed by atoms with van der Waals surface area (Å²) in [6.07, 6.45) is 7.28. The predicted octanol–water partition coefficient (Wildman–Crippen LogP) is 3.12. The molecule has 1 atom stereocenters. The number of hydrogen-bond donors (Lipinski definition) is 1. The fourth-order valence-corrected chi connectivity index (χ4v) is 2.30. The lowest BCUT2D eigenvalue weighted by molar-refractivity contribution is -0.128. The maximum absolute atomic E-state index is 12.0. The second-order valence-electron chi connectivity index (χ2n) is 5.77. The molecule has 1 fully saturated rings. The van der Waals surface area contributed by atoms with Gasteiger partial charge in [-0.05, 0) is 18.3 Å². The molecule has 0 aromatic carbocycles. The molecule has 88 valence electrons. The molecule has 1 aliphatic rings. The molecule has 0 spiro atoms. The average Bonchev–Trinajstić information content (AvgIpc) is 2.14. The molecule has 1 unspecified atom stereocenters. The predicted molar refractivity (Wildman–Crippen MR) is 63.7 cm³/mol. The summed E-state index contributed by atoms with van der Waals surface area (Å²) in [6, 6.07) is 0. The molecular formula is C13H25NO. The van der Waals surface area contributed by atoms with E-state index in [1.807, 2.05) is 0 Å². The van der Waals surface area contributed by atoms with Crippen LogP contribution in [0.5, 0.6) is 0 Å². The Hall–Kier alpha value is -0.530. The second kappa shape index (κ2) is 5.53. The normalized spacial score (nSPS) is 25.8. The minimum absolute atomic E-state index is 0.100. The van der Waals surface area contributed by atoms with Crippen LogP contribution in [-0.4, -0.2) is 12.5 Å². The second-order valence-corrected chi connectivity index (χ2v) is 5.77. The Balaban J connectivity index is 2.59. The minimum atomic E-state index is 0.100. The fourth-order valence-electron chi connectivity index (χ4n) is 2.30. The van der Waals surface area contributed by atoms with Gasteiger partial charge in [-0.3, -0.25) is 4.79 Å². The van der Waals surface area contributed by atoms with Crippen molar-refractivity contribution >= 4 is 5.91 Å². The van der Waals surface area contributed by atoms with Crippen molar-refractivity contribution in [1.82, 2.24) is 5.32 Å². The van der Waals surface area contributed by atoms with Crippen LogP contribution in [0.3, 0.4) is 0 Å². The first-order chi connectivity index (χ1) is 7.02. The minimum Gasteiger partial charge on any atom is -0.356 e. The van der Waals surface area contributed by atoms with Gasteiger partial charge in [0.2, 0.25) is 5.91 Å². The first-order valence-electron chi connectivity index (χ1n) is 6.29.